The number of ketones is 2. The van der Waals surface area contributed by atoms with Crippen molar-refractivity contribution in [3.05, 3.63) is 0 Å². The maximum absolute atomic E-state index is 13.1. The van der Waals surface area contributed by atoms with E-state index in [1.807, 2.05) is 0 Å². The van der Waals surface area contributed by atoms with Crippen molar-refractivity contribution >= 4 is 17.3 Å². The zero-order chi connectivity index (χ0) is 18.5. The van der Waals surface area contributed by atoms with Crippen LogP contribution in [0.15, 0.2) is 5.16 Å². The number of nitrogens with zero attached hydrogens (tertiary/aromatic N) is 1. The van der Waals surface area contributed by atoms with E-state index in [1.54, 1.807) is 0 Å². The van der Waals surface area contributed by atoms with Crippen molar-refractivity contribution in [2.45, 2.75) is 65.2 Å². The first-order valence-corrected chi connectivity index (χ1v) is 10.3. The molecule has 2 N–H and O–H groups in total. The first-order chi connectivity index (χ1) is 12.4. The van der Waals surface area contributed by atoms with Gasteiger partial charge in [0.1, 0.15) is 18.2 Å². The zero-order valence-corrected chi connectivity index (χ0v) is 16.1. The van der Waals surface area contributed by atoms with Crippen LogP contribution in [0.25, 0.3) is 0 Å². The van der Waals surface area contributed by atoms with Crippen LogP contribution >= 0.6 is 0 Å². The summed E-state index contributed by atoms with van der Waals surface area (Å²) < 4.78 is 0. The SMILES string of the molecule is C[C@@]12CC/C(=N/OCCN)C[C@H]1C(=O)C[C@H]1[C@H]2CC[C@@]2(C)C(=O)CC[C@H]12. The molecule has 4 rings (SSSR count). The molecule has 0 saturated heterocycles. The van der Waals surface area contributed by atoms with Crippen LogP contribution in [0.3, 0.4) is 0 Å². The highest BCUT2D eigenvalue weighted by Crippen LogP contribution is 2.64. The van der Waals surface area contributed by atoms with Gasteiger partial charge in [0.05, 0.1) is 5.71 Å². The average Bonchev–Trinajstić information content (AvgIpc) is 2.92. The molecule has 4 saturated carbocycles. The van der Waals surface area contributed by atoms with Gasteiger partial charge in [-0.1, -0.05) is 19.0 Å². The van der Waals surface area contributed by atoms with Gasteiger partial charge in [0.15, 0.2) is 0 Å². The van der Waals surface area contributed by atoms with E-state index >= 15 is 0 Å². The molecular formula is C21H32N2O3. The van der Waals surface area contributed by atoms with Crippen molar-refractivity contribution in [1.29, 1.82) is 0 Å². The van der Waals surface area contributed by atoms with Crippen LogP contribution in [0.2, 0.25) is 0 Å². The summed E-state index contributed by atoms with van der Waals surface area (Å²) in [5.74, 6) is 2.29. The molecule has 144 valence electrons. The molecule has 5 heteroatoms. The van der Waals surface area contributed by atoms with Crippen molar-refractivity contribution < 1.29 is 14.4 Å². The molecule has 0 aromatic heterocycles. The molecule has 0 aromatic carbocycles. The van der Waals surface area contributed by atoms with E-state index in [0.29, 0.717) is 55.3 Å². The van der Waals surface area contributed by atoms with Gasteiger partial charge in [0.2, 0.25) is 0 Å². The summed E-state index contributed by atoms with van der Waals surface area (Å²) in [6.45, 7) is 5.39. The molecule has 4 fully saturated rings. The van der Waals surface area contributed by atoms with E-state index < -0.39 is 0 Å². The van der Waals surface area contributed by atoms with Gasteiger partial charge < -0.3 is 10.6 Å². The lowest BCUT2D eigenvalue weighted by Crippen LogP contribution is -2.56. The minimum Gasteiger partial charge on any atom is -0.395 e. The smallest absolute Gasteiger partial charge is 0.139 e. The van der Waals surface area contributed by atoms with Gasteiger partial charge in [-0.2, -0.15) is 0 Å². The molecule has 0 aromatic rings. The highest BCUT2D eigenvalue weighted by atomic mass is 16.6. The fourth-order valence-corrected chi connectivity index (χ4v) is 6.89. The lowest BCUT2D eigenvalue weighted by Gasteiger charge is -2.58. The molecule has 5 nitrogen and oxygen atoms in total. The Morgan fingerprint density at radius 1 is 1.12 bits per heavy atom. The van der Waals surface area contributed by atoms with Gasteiger partial charge in [-0.05, 0) is 61.7 Å². The number of carbonyl (C=O) groups excluding carboxylic acids is 2. The molecule has 0 amide bonds. The molecule has 26 heavy (non-hydrogen) atoms. The maximum Gasteiger partial charge on any atom is 0.139 e. The van der Waals surface area contributed by atoms with Crippen LogP contribution in [0.4, 0.5) is 0 Å². The Morgan fingerprint density at radius 3 is 2.69 bits per heavy atom. The Hall–Kier alpha value is -1.23. The van der Waals surface area contributed by atoms with E-state index in [2.05, 4.69) is 19.0 Å². The number of nitrogens with two attached hydrogens (primary N) is 1. The number of oxime groups is 1. The second-order valence-electron chi connectivity index (χ2n) is 9.51. The average molecular weight is 360 g/mol. The lowest BCUT2D eigenvalue weighted by atomic mass is 9.45. The summed E-state index contributed by atoms with van der Waals surface area (Å²) in [5, 5.41) is 4.25. The first-order valence-electron chi connectivity index (χ1n) is 10.3. The zero-order valence-electron chi connectivity index (χ0n) is 16.1. The van der Waals surface area contributed by atoms with E-state index in [0.717, 1.165) is 44.2 Å². The second-order valence-corrected chi connectivity index (χ2v) is 9.51. The van der Waals surface area contributed by atoms with Gasteiger partial charge in [-0.15, -0.1) is 0 Å². The van der Waals surface area contributed by atoms with Gasteiger partial charge in [-0.3, -0.25) is 9.59 Å². The standard InChI is InChI=1S/C21H32N2O3/c1-20-7-5-13(23-26-10-9-22)11-17(20)18(24)12-14-15-3-4-19(25)21(15,2)8-6-16(14)20/h14-17H,3-12,22H2,1-2H3/b23-13-/t14-,15-,16-,17+,20+,21-/m1/s1. The van der Waals surface area contributed by atoms with Crippen molar-refractivity contribution in [2.75, 3.05) is 13.2 Å². The summed E-state index contributed by atoms with van der Waals surface area (Å²) in [7, 11) is 0. The van der Waals surface area contributed by atoms with E-state index in [1.165, 1.54) is 0 Å². The fraction of sp³-hybridized carbons (Fsp3) is 0.857. The van der Waals surface area contributed by atoms with Crippen LogP contribution in [-0.4, -0.2) is 30.4 Å². The fourth-order valence-electron chi connectivity index (χ4n) is 6.89. The number of rotatable bonds is 3. The maximum atomic E-state index is 13.1. The van der Waals surface area contributed by atoms with Gasteiger partial charge in [0, 0.05) is 30.7 Å². The molecule has 0 spiro atoms. The molecule has 0 aliphatic heterocycles. The summed E-state index contributed by atoms with van der Waals surface area (Å²) in [6, 6.07) is 0. The minimum atomic E-state index is -0.165. The van der Waals surface area contributed by atoms with E-state index in [4.69, 9.17) is 10.6 Å². The van der Waals surface area contributed by atoms with Crippen molar-refractivity contribution in [3.63, 3.8) is 0 Å². The van der Waals surface area contributed by atoms with E-state index in [9.17, 15) is 9.59 Å². The Bertz CT molecular complexity index is 645. The molecule has 0 unspecified atom stereocenters. The van der Waals surface area contributed by atoms with Crippen molar-refractivity contribution in [2.24, 2.45) is 45.4 Å². The number of fused-ring (bicyclic) bond motifs is 5. The summed E-state index contributed by atoms with van der Waals surface area (Å²) in [4.78, 5) is 30.9. The summed E-state index contributed by atoms with van der Waals surface area (Å²) in [5.41, 5.74) is 6.37. The van der Waals surface area contributed by atoms with Crippen LogP contribution in [0.5, 0.6) is 0 Å². The van der Waals surface area contributed by atoms with E-state index in [-0.39, 0.29) is 16.7 Å². The molecule has 6 atom stereocenters. The quantitative estimate of drug-likeness (QED) is 0.619. The first kappa shape index (κ1) is 18.1. The third-order valence-corrected chi connectivity index (χ3v) is 8.41. The Balaban J connectivity index is 1.57. The molecule has 0 bridgehead atoms. The normalized spacial score (nSPS) is 46.7. The molecule has 0 radical (unpaired) electrons. The second kappa shape index (κ2) is 6.43. The number of hydrogen-bond acceptors (Lipinski definition) is 5. The largest absolute Gasteiger partial charge is 0.395 e. The molecule has 4 aliphatic carbocycles. The molecule has 4 aliphatic rings. The van der Waals surface area contributed by atoms with Crippen LogP contribution in [0.1, 0.15) is 65.2 Å². The predicted octanol–water partition coefficient (Wildman–Crippen LogP) is 3.11. The van der Waals surface area contributed by atoms with Crippen LogP contribution in [0, 0.1) is 34.5 Å². The highest BCUT2D eigenvalue weighted by Gasteiger charge is 2.62. The number of Topliss-reactive ketones (excluding diaryl/α,β-unsaturated/α-hetero) is 2. The predicted molar refractivity (Wildman–Crippen MR) is 99.6 cm³/mol. The monoisotopic (exact) mass is 360 g/mol. The van der Waals surface area contributed by atoms with Crippen LogP contribution in [-0.2, 0) is 14.4 Å². The topological polar surface area (TPSA) is 81.8 Å². The Morgan fingerprint density at radius 2 is 1.92 bits per heavy atom. The van der Waals surface area contributed by atoms with Crippen molar-refractivity contribution in [3.8, 4) is 0 Å². The summed E-state index contributed by atoms with van der Waals surface area (Å²) in [6.07, 6.45) is 7.13. The van der Waals surface area contributed by atoms with Crippen molar-refractivity contribution in [1.82, 2.24) is 0 Å². The molecule has 0 heterocycles. The van der Waals surface area contributed by atoms with Crippen LogP contribution < -0.4 is 5.73 Å². The third-order valence-electron chi connectivity index (χ3n) is 8.41. The number of carbonyl (C=O) groups is 2. The van der Waals surface area contributed by atoms with Gasteiger partial charge >= 0.3 is 0 Å². The highest BCUT2D eigenvalue weighted by molar-refractivity contribution is 5.93. The Labute approximate surface area is 156 Å². The third kappa shape index (κ3) is 2.57. The lowest BCUT2D eigenvalue weighted by molar-refractivity contribution is -0.152. The molecular weight excluding hydrogens is 328 g/mol. The Kier molecular flexibility index (Phi) is 4.49. The van der Waals surface area contributed by atoms with Gasteiger partial charge in [-0.25, -0.2) is 0 Å². The number of hydrogen-bond donors (Lipinski definition) is 1. The summed E-state index contributed by atoms with van der Waals surface area (Å²) >= 11 is 0. The van der Waals surface area contributed by atoms with Gasteiger partial charge in [0.25, 0.3) is 0 Å². The minimum absolute atomic E-state index is 0.0554.